The van der Waals surface area contributed by atoms with Crippen LogP contribution in [0.3, 0.4) is 0 Å². The topological polar surface area (TPSA) is 29.9 Å². The Morgan fingerprint density at radius 3 is 3.22 bits per heavy atom. The van der Waals surface area contributed by atoms with Gasteiger partial charge in [-0.25, -0.2) is 4.98 Å². The highest BCUT2D eigenvalue weighted by Crippen LogP contribution is 2.43. The van der Waals surface area contributed by atoms with Crippen LogP contribution in [0.25, 0.3) is 0 Å². The Labute approximate surface area is 118 Å². The van der Waals surface area contributed by atoms with E-state index in [4.69, 9.17) is 12.2 Å². The molecule has 2 aromatic rings. The van der Waals surface area contributed by atoms with E-state index in [1.165, 1.54) is 11.1 Å². The second-order valence-corrected chi connectivity index (χ2v) is 6.25. The number of imidazole rings is 1. The van der Waals surface area contributed by atoms with E-state index in [0.717, 1.165) is 28.1 Å². The Bertz CT molecular complexity index is 679. The fourth-order valence-corrected chi connectivity index (χ4v) is 3.69. The molecule has 1 spiro atoms. The van der Waals surface area contributed by atoms with Crippen molar-refractivity contribution in [2.45, 2.75) is 18.5 Å². The zero-order valence-corrected chi connectivity index (χ0v) is 11.9. The predicted molar refractivity (Wildman–Crippen MR) is 76.6 cm³/mol. The van der Waals surface area contributed by atoms with Gasteiger partial charge < -0.3 is 9.88 Å². The lowest BCUT2D eigenvalue weighted by atomic mass is 9.69. The first kappa shape index (κ1) is 10.7. The normalized spacial score (nSPS) is 24.2. The fraction of sp³-hybridized carbons (Fsp3) is 0.231. The van der Waals surface area contributed by atoms with Gasteiger partial charge in [-0.1, -0.05) is 34.2 Å². The molecule has 3 nitrogen and oxygen atoms in total. The number of nitrogens with zero attached hydrogens (tertiary/aromatic N) is 2. The maximum Gasteiger partial charge on any atom is 0.125 e. The van der Waals surface area contributed by atoms with Crippen LogP contribution in [0.5, 0.6) is 0 Å². The molecule has 2 aliphatic rings. The Kier molecular flexibility index (Phi) is 2.03. The van der Waals surface area contributed by atoms with Crippen LogP contribution in [0, 0.1) is 0 Å². The number of aromatic nitrogens is 2. The zero-order valence-electron chi connectivity index (χ0n) is 9.48. The van der Waals surface area contributed by atoms with Crippen LogP contribution in [-0.2, 0) is 18.5 Å². The summed E-state index contributed by atoms with van der Waals surface area (Å²) in [6, 6.07) is 6.46. The molecule has 1 aromatic heterocycles. The molecule has 0 bridgehead atoms. The number of benzene rings is 1. The highest BCUT2D eigenvalue weighted by molar-refractivity contribution is 9.10. The van der Waals surface area contributed by atoms with Gasteiger partial charge in [0.25, 0.3) is 0 Å². The first-order valence-electron chi connectivity index (χ1n) is 5.79. The van der Waals surface area contributed by atoms with Gasteiger partial charge in [-0.05, 0) is 23.3 Å². The van der Waals surface area contributed by atoms with Crippen LogP contribution in [0.2, 0.25) is 0 Å². The molecule has 1 N–H and O–H groups in total. The SMILES string of the molecule is S=C1N[C@@]2(Cc3ccc(Br)cc32)Cn2cncc21. The van der Waals surface area contributed by atoms with E-state index >= 15 is 0 Å². The molecule has 0 saturated carbocycles. The molecule has 1 aliphatic carbocycles. The highest BCUT2D eigenvalue weighted by atomic mass is 79.9. The van der Waals surface area contributed by atoms with Gasteiger partial charge in [0.15, 0.2) is 0 Å². The van der Waals surface area contributed by atoms with Crippen molar-refractivity contribution in [1.82, 2.24) is 14.9 Å². The van der Waals surface area contributed by atoms with Gasteiger partial charge in [-0.15, -0.1) is 0 Å². The van der Waals surface area contributed by atoms with Crippen LogP contribution in [-0.4, -0.2) is 14.5 Å². The second kappa shape index (κ2) is 3.42. The van der Waals surface area contributed by atoms with E-state index in [9.17, 15) is 0 Å². The molecule has 5 heteroatoms. The van der Waals surface area contributed by atoms with Gasteiger partial charge in [-0.2, -0.15) is 0 Å². The van der Waals surface area contributed by atoms with E-state index in [0.29, 0.717) is 0 Å². The van der Waals surface area contributed by atoms with E-state index in [2.05, 4.69) is 49.0 Å². The van der Waals surface area contributed by atoms with Crippen molar-refractivity contribution in [2.75, 3.05) is 0 Å². The quantitative estimate of drug-likeness (QED) is 0.756. The highest BCUT2D eigenvalue weighted by Gasteiger charge is 2.46. The summed E-state index contributed by atoms with van der Waals surface area (Å²) in [5.41, 5.74) is 3.72. The zero-order chi connectivity index (χ0) is 12.3. The molecule has 0 radical (unpaired) electrons. The van der Waals surface area contributed by atoms with Crippen molar-refractivity contribution in [3.05, 3.63) is 52.0 Å². The molecule has 90 valence electrons. The summed E-state index contributed by atoms with van der Waals surface area (Å²) in [6.07, 6.45) is 4.70. The number of rotatable bonds is 0. The fourth-order valence-electron chi connectivity index (χ4n) is 2.96. The maximum atomic E-state index is 5.44. The van der Waals surface area contributed by atoms with Crippen LogP contribution < -0.4 is 5.32 Å². The van der Waals surface area contributed by atoms with E-state index in [-0.39, 0.29) is 5.54 Å². The van der Waals surface area contributed by atoms with Gasteiger partial charge in [0.05, 0.1) is 30.3 Å². The van der Waals surface area contributed by atoms with E-state index < -0.39 is 0 Å². The van der Waals surface area contributed by atoms with Crippen molar-refractivity contribution < 1.29 is 0 Å². The number of fused-ring (bicyclic) bond motifs is 3. The molecule has 0 amide bonds. The number of halogens is 1. The lowest BCUT2D eigenvalue weighted by Crippen LogP contribution is -2.59. The van der Waals surface area contributed by atoms with Crippen LogP contribution in [0.1, 0.15) is 16.8 Å². The number of nitrogens with one attached hydrogen (secondary N) is 1. The maximum absolute atomic E-state index is 5.44. The van der Waals surface area contributed by atoms with Gasteiger partial charge in [0, 0.05) is 10.9 Å². The molecule has 1 aliphatic heterocycles. The van der Waals surface area contributed by atoms with Crippen LogP contribution in [0.15, 0.2) is 35.2 Å². The Balaban J connectivity index is 1.83. The van der Waals surface area contributed by atoms with E-state index in [1.807, 2.05) is 12.5 Å². The molecule has 0 fully saturated rings. The minimum atomic E-state index is -0.0378. The second-order valence-electron chi connectivity index (χ2n) is 4.92. The third-order valence-electron chi connectivity index (χ3n) is 3.82. The third kappa shape index (κ3) is 1.29. The minimum absolute atomic E-state index is 0.0378. The molecule has 0 unspecified atom stereocenters. The van der Waals surface area contributed by atoms with Crippen LogP contribution >= 0.6 is 28.1 Å². The summed E-state index contributed by atoms with van der Waals surface area (Å²) < 4.78 is 3.26. The molecular formula is C13H10BrN3S. The summed E-state index contributed by atoms with van der Waals surface area (Å²) in [4.78, 5) is 4.97. The van der Waals surface area contributed by atoms with Crippen LogP contribution in [0.4, 0.5) is 0 Å². The number of hydrogen-bond acceptors (Lipinski definition) is 2. The standard InChI is InChI=1S/C13H10BrN3S/c14-9-2-1-8-4-13(10(8)3-9)6-17-7-15-5-11(17)12(18)16-13/h1-3,5,7H,4,6H2,(H,16,18)/t13-/m0/s1. The average Bonchev–Trinajstić information content (AvgIpc) is 2.79. The molecular weight excluding hydrogens is 310 g/mol. The molecule has 1 atom stereocenters. The molecule has 1 aromatic carbocycles. The minimum Gasteiger partial charge on any atom is -0.363 e. The molecule has 2 heterocycles. The van der Waals surface area contributed by atoms with Crippen molar-refractivity contribution >= 4 is 33.1 Å². The van der Waals surface area contributed by atoms with Crippen molar-refractivity contribution in [1.29, 1.82) is 0 Å². The lowest BCUT2D eigenvalue weighted by Gasteiger charge is -2.48. The van der Waals surface area contributed by atoms with Gasteiger partial charge in [-0.3, -0.25) is 0 Å². The first-order valence-corrected chi connectivity index (χ1v) is 7.00. The lowest BCUT2D eigenvalue weighted by molar-refractivity contribution is 0.276. The smallest absolute Gasteiger partial charge is 0.125 e. The first-order chi connectivity index (χ1) is 8.68. The summed E-state index contributed by atoms with van der Waals surface area (Å²) in [5, 5.41) is 3.50. The van der Waals surface area contributed by atoms with Gasteiger partial charge in [0.2, 0.25) is 0 Å². The summed E-state index contributed by atoms with van der Waals surface area (Å²) in [5.74, 6) is 0. The summed E-state index contributed by atoms with van der Waals surface area (Å²) >= 11 is 8.98. The van der Waals surface area contributed by atoms with Crippen molar-refractivity contribution in [3.63, 3.8) is 0 Å². The Morgan fingerprint density at radius 2 is 2.33 bits per heavy atom. The monoisotopic (exact) mass is 319 g/mol. The number of thiocarbonyl (C=S) groups is 1. The van der Waals surface area contributed by atoms with Crippen molar-refractivity contribution in [3.8, 4) is 0 Å². The summed E-state index contributed by atoms with van der Waals surface area (Å²) in [6.45, 7) is 0.895. The molecule has 4 rings (SSSR count). The molecule has 18 heavy (non-hydrogen) atoms. The number of hydrogen-bond donors (Lipinski definition) is 1. The van der Waals surface area contributed by atoms with Crippen molar-refractivity contribution in [2.24, 2.45) is 0 Å². The Hall–Kier alpha value is -1.20. The Morgan fingerprint density at radius 1 is 1.44 bits per heavy atom. The summed E-state index contributed by atoms with van der Waals surface area (Å²) in [7, 11) is 0. The van der Waals surface area contributed by atoms with E-state index in [1.54, 1.807) is 0 Å². The molecule has 0 saturated heterocycles. The predicted octanol–water partition coefficient (Wildman–Crippen LogP) is 2.38. The average molecular weight is 320 g/mol. The largest absolute Gasteiger partial charge is 0.363 e. The van der Waals surface area contributed by atoms with Gasteiger partial charge in [0.1, 0.15) is 4.99 Å². The van der Waals surface area contributed by atoms with Gasteiger partial charge >= 0.3 is 0 Å². The third-order valence-corrected chi connectivity index (χ3v) is 4.62.